The predicted octanol–water partition coefficient (Wildman–Crippen LogP) is 2.38. The highest BCUT2D eigenvalue weighted by atomic mass is 32.2. The van der Waals surface area contributed by atoms with Crippen LogP contribution < -0.4 is 4.74 Å². The minimum Gasteiger partial charge on any atom is -0.486 e. The third-order valence-electron chi connectivity index (χ3n) is 1.50. The van der Waals surface area contributed by atoms with Crippen LogP contribution >= 0.6 is 11.8 Å². The van der Waals surface area contributed by atoms with Crippen LogP contribution in [0.5, 0.6) is 5.75 Å². The lowest BCUT2D eigenvalue weighted by Gasteiger charge is -2.03. The van der Waals surface area contributed by atoms with Gasteiger partial charge in [0.25, 0.3) is 0 Å². The number of hydrogen-bond donors (Lipinski definition) is 0. The number of carbonyl (C=O) groups excluding carboxylic acids is 1. The van der Waals surface area contributed by atoms with E-state index in [1.165, 1.54) is 11.8 Å². The maximum Gasteiger partial charge on any atom is 0.167 e. The van der Waals surface area contributed by atoms with Crippen LogP contribution in [0.4, 0.5) is 0 Å². The van der Waals surface area contributed by atoms with Crippen molar-refractivity contribution in [3.8, 4) is 5.75 Å². The molecule has 0 saturated heterocycles. The monoisotopic (exact) mass is 196 g/mol. The Kier molecular flexibility index (Phi) is 3.83. The van der Waals surface area contributed by atoms with Crippen LogP contribution in [-0.4, -0.2) is 18.6 Å². The summed E-state index contributed by atoms with van der Waals surface area (Å²) in [5.74, 6) is 0.780. The van der Waals surface area contributed by atoms with Crippen LogP contribution in [0.1, 0.15) is 6.92 Å². The van der Waals surface area contributed by atoms with E-state index in [1.54, 1.807) is 11.8 Å². The maximum absolute atomic E-state index is 10.6. The average molecular weight is 196 g/mol. The normalized spacial score (nSPS) is 9.69. The van der Waals surface area contributed by atoms with Gasteiger partial charge >= 0.3 is 0 Å². The van der Waals surface area contributed by atoms with E-state index in [4.69, 9.17) is 4.74 Å². The molecular weight excluding hydrogens is 184 g/mol. The molecule has 1 aromatic carbocycles. The number of benzene rings is 1. The first-order valence-electron chi connectivity index (χ1n) is 3.98. The van der Waals surface area contributed by atoms with Crippen LogP contribution in [0.2, 0.25) is 0 Å². The van der Waals surface area contributed by atoms with Gasteiger partial charge in [-0.25, -0.2) is 0 Å². The second-order valence-electron chi connectivity index (χ2n) is 2.67. The van der Waals surface area contributed by atoms with E-state index in [2.05, 4.69) is 0 Å². The molecule has 0 aliphatic heterocycles. The minimum atomic E-state index is 0.0361. The highest BCUT2D eigenvalue weighted by Gasteiger charge is 1.96. The summed E-state index contributed by atoms with van der Waals surface area (Å²) in [6.07, 6.45) is 2.02. The Morgan fingerprint density at radius 1 is 1.38 bits per heavy atom. The smallest absolute Gasteiger partial charge is 0.167 e. The topological polar surface area (TPSA) is 26.3 Å². The standard InChI is InChI=1S/C10H12O2S/c1-8(11)7-12-9-3-5-10(13-2)6-4-9/h3-6H,7H2,1-2H3. The molecule has 0 N–H and O–H groups in total. The van der Waals surface area contributed by atoms with Gasteiger partial charge in [-0.3, -0.25) is 4.79 Å². The number of thioether (sulfide) groups is 1. The molecule has 70 valence electrons. The number of carbonyl (C=O) groups is 1. The predicted molar refractivity (Wildman–Crippen MR) is 54.4 cm³/mol. The van der Waals surface area contributed by atoms with Crippen molar-refractivity contribution in [2.45, 2.75) is 11.8 Å². The van der Waals surface area contributed by atoms with Crippen molar-refractivity contribution < 1.29 is 9.53 Å². The molecule has 0 aromatic heterocycles. The van der Waals surface area contributed by atoms with E-state index < -0.39 is 0 Å². The molecule has 0 heterocycles. The number of ether oxygens (including phenoxy) is 1. The molecule has 1 rings (SSSR count). The molecular formula is C10H12O2S. The summed E-state index contributed by atoms with van der Waals surface area (Å²) in [7, 11) is 0. The largest absolute Gasteiger partial charge is 0.486 e. The van der Waals surface area contributed by atoms with Crippen molar-refractivity contribution in [3.05, 3.63) is 24.3 Å². The third kappa shape index (κ3) is 3.51. The average Bonchev–Trinajstić information content (AvgIpc) is 2.15. The second kappa shape index (κ2) is 4.92. The minimum absolute atomic E-state index is 0.0361. The number of ketones is 1. The highest BCUT2D eigenvalue weighted by Crippen LogP contribution is 2.18. The Morgan fingerprint density at radius 3 is 2.46 bits per heavy atom. The van der Waals surface area contributed by atoms with Gasteiger partial charge in [-0.1, -0.05) is 0 Å². The fraction of sp³-hybridized carbons (Fsp3) is 0.300. The first kappa shape index (κ1) is 10.1. The van der Waals surface area contributed by atoms with Gasteiger partial charge in [0, 0.05) is 4.90 Å². The van der Waals surface area contributed by atoms with E-state index in [-0.39, 0.29) is 12.4 Å². The second-order valence-corrected chi connectivity index (χ2v) is 3.55. The Morgan fingerprint density at radius 2 is 2.00 bits per heavy atom. The van der Waals surface area contributed by atoms with Gasteiger partial charge in [0.15, 0.2) is 5.78 Å². The fourth-order valence-corrected chi connectivity index (χ4v) is 1.27. The summed E-state index contributed by atoms with van der Waals surface area (Å²) < 4.78 is 5.21. The Bertz CT molecular complexity index is 279. The first-order valence-corrected chi connectivity index (χ1v) is 5.21. The molecule has 0 fully saturated rings. The summed E-state index contributed by atoms with van der Waals surface area (Å²) in [4.78, 5) is 11.8. The van der Waals surface area contributed by atoms with E-state index in [9.17, 15) is 4.79 Å². The zero-order chi connectivity index (χ0) is 9.68. The van der Waals surface area contributed by atoms with Crippen LogP contribution in [0, 0.1) is 0 Å². The van der Waals surface area contributed by atoms with E-state index in [1.807, 2.05) is 30.5 Å². The van der Waals surface area contributed by atoms with Gasteiger partial charge in [-0.15, -0.1) is 11.8 Å². The molecule has 0 aliphatic carbocycles. The third-order valence-corrected chi connectivity index (χ3v) is 2.25. The number of Topliss-reactive ketones (excluding diaryl/α,β-unsaturated/α-hetero) is 1. The van der Waals surface area contributed by atoms with Crippen molar-refractivity contribution >= 4 is 17.5 Å². The summed E-state index contributed by atoms with van der Waals surface area (Å²) in [5, 5.41) is 0. The van der Waals surface area contributed by atoms with Gasteiger partial charge in [0.2, 0.25) is 0 Å². The Balaban J connectivity index is 2.54. The molecule has 0 saturated carbocycles. The van der Waals surface area contributed by atoms with E-state index in [0.717, 1.165) is 5.75 Å². The van der Waals surface area contributed by atoms with Crippen molar-refractivity contribution in [2.24, 2.45) is 0 Å². The lowest BCUT2D eigenvalue weighted by Crippen LogP contribution is -2.06. The molecule has 0 radical (unpaired) electrons. The quantitative estimate of drug-likeness (QED) is 0.691. The lowest BCUT2D eigenvalue weighted by atomic mass is 10.3. The number of hydrogen-bond acceptors (Lipinski definition) is 3. The van der Waals surface area contributed by atoms with Crippen molar-refractivity contribution in [1.29, 1.82) is 0 Å². The van der Waals surface area contributed by atoms with Crippen LogP contribution in [0.3, 0.4) is 0 Å². The highest BCUT2D eigenvalue weighted by molar-refractivity contribution is 7.98. The van der Waals surface area contributed by atoms with E-state index in [0.29, 0.717) is 0 Å². The van der Waals surface area contributed by atoms with E-state index >= 15 is 0 Å². The molecule has 0 unspecified atom stereocenters. The lowest BCUT2D eigenvalue weighted by molar-refractivity contribution is -0.118. The van der Waals surface area contributed by atoms with Crippen LogP contribution in [-0.2, 0) is 4.79 Å². The molecule has 2 nitrogen and oxygen atoms in total. The molecule has 0 aliphatic rings. The molecule has 3 heteroatoms. The summed E-state index contributed by atoms with van der Waals surface area (Å²) in [5.41, 5.74) is 0. The Hall–Kier alpha value is -0.960. The Labute approximate surface area is 82.3 Å². The molecule has 0 bridgehead atoms. The molecule has 0 amide bonds. The van der Waals surface area contributed by atoms with Gasteiger partial charge in [0.05, 0.1) is 0 Å². The number of rotatable bonds is 4. The zero-order valence-electron chi connectivity index (χ0n) is 7.74. The van der Waals surface area contributed by atoms with Gasteiger partial charge in [0.1, 0.15) is 12.4 Å². The summed E-state index contributed by atoms with van der Waals surface area (Å²) in [6.45, 7) is 1.66. The van der Waals surface area contributed by atoms with Gasteiger partial charge in [-0.2, -0.15) is 0 Å². The van der Waals surface area contributed by atoms with Crippen molar-refractivity contribution in [2.75, 3.05) is 12.9 Å². The SMILES string of the molecule is CSc1ccc(OCC(C)=O)cc1. The maximum atomic E-state index is 10.6. The van der Waals surface area contributed by atoms with Crippen LogP contribution in [0.25, 0.3) is 0 Å². The summed E-state index contributed by atoms with van der Waals surface area (Å²) >= 11 is 1.68. The van der Waals surface area contributed by atoms with Crippen molar-refractivity contribution in [1.82, 2.24) is 0 Å². The molecule has 0 atom stereocenters. The van der Waals surface area contributed by atoms with Crippen LogP contribution in [0.15, 0.2) is 29.2 Å². The zero-order valence-corrected chi connectivity index (χ0v) is 8.56. The molecule has 13 heavy (non-hydrogen) atoms. The van der Waals surface area contributed by atoms with Gasteiger partial charge in [-0.05, 0) is 37.4 Å². The van der Waals surface area contributed by atoms with Gasteiger partial charge < -0.3 is 4.74 Å². The van der Waals surface area contributed by atoms with Crippen molar-refractivity contribution in [3.63, 3.8) is 0 Å². The fourth-order valence-electron chi connectivity index (χ4n) is 0.857. The molecule has 1 aromatic rings. The summed E-state index contributed by atoms with van der Waals surface area (Å²) in [6, 6.07) is 7.68. The first-order chi connectivity index (χ1) is 6.22. The molecule has 0 spiro atoms.